The van der Waals surface area contributed by atoms with Crippen molar-refractivity contribution in [1.82, 2.24) is 5.48 Å². The maximum Gasteiger partial charge on any atom is 0.0921 e. The molecule has 2 unspecified atom stereocenters. The Bertz CT molecular complexity index is 292. The van der Waals surface area contributed by atoms with Gasteiger partial charge in [-0.05, 0) is 19.4 Å². The SMILES string of the molecule is CCONCC(O)COC(C)c1ccccc1. The van der Waals surface area contributed by atoms with Crippen LogP contribution < -0.4 is 5.48 Å². The van der Waals surface area contributed by atoms with E-state index in [1.165, 1.54) is 0 Å². The first-order valence-corrected chi connectivity index (χ1v) is 5.93. The zero-order valence-corrected chi connectivity index (χ0v) is 10.4. The molecule has 0 spiro atoms. The van der Waals surface area contributed by atoms with Gasteiger partial charge >= 0.3 is 0 Å². The number of hydrogen-bond donors (Lipinski definition) is 2. The lowest BCUT2D eigenvalue weighted by Crippen LogP contribution is -2.30. The van der Waals surface area contributed by atoms with Crippen LogP contribution in [0.3, 0.4) is 0 Å². The molecule has 0 amide bonds. The Kier molecular flexibility index (Phi) is 6.81. The van der Waals surface area contributed by atoms with Crippen molar-refractivity contribution >= 4 is 0 Å². The fourth-order valence-electron chi connectivity index (χ4n) is 1.39. The lowest BCUT2D eigenvalue weighted by molar-refractivity contribution is -0.0304. The quantitative estimate of drug-likeness (QED) is 0.535. The van der Waals surface area contributed by atoms with Crippen LogP contribution in [0.25, 0.3) is 0 Å². The van der Waals surface area contributed by atoms with E-state index >= 15 is 0 Å². The summed E-state index contributed by atoms with van der Waals surface area (Å²) in [5, 5.41) is 9.60. The Labute approximate surface area is 103 Å². The molecule has 96 valence electrons. The van der Waals surface area contributed by atoms with Crippen LogP contribution in [0.5, 0.6) is 0 Å². The Hall–Kier alpha value is -0.940. The second-order valence-corrected chi connectivity index (χ2v) is 3.82. The van der Waals surface area contributed by atoms with Gasteiger partial charge in [-0.15, -0.1) is 0 Å². The zero-order chi connectivity index (χ0) is 12.5. The molecule has 0 aliphatic rings. The second kappa shape index (κ2) is 8.20. The van der Waals surface area contributed by atoms with Gasteiger partial charge in [-0.2, -0.15) is 5.48 Å². The molecular weight excluding hydrogens is 218 g/mol. The third kappa shape index (κ3) is 5.79. The van der Waals surface area contributed by atoms with E-state index in [1.807, 2.05) is 44.2 Å². The van der Waals surface area contributed by atoms with Gasteiger partial charge in [0.1, 0.15) is 0 Å². The standard InChI is InChI=1S/C13H21NO3/c1-3-17-14-9-13(15)10-16-11(2)12-7-5-4-6-8-12/h4-8,11,13-15H,3,9-10H2,1-2H3. The number of aliphatic hydroxyl groups excluding tert-OH is 1. The number of hydroxylamine groups is 1. The summed E-state index contributed by atoms with van der Waals surface area (Å²) in [5.41, 5.74) is 3.78. The Morgan fingerprint density at radius 1 is 1.29 bits per heavy atom. The molecule has 0 saturated carbocycles. The summed E-state index contributed by atoms with van der Waals surface area (Å²) in [4.78, 5) is 4.93. The molecule has 1 aromatic rings. The summed E-state index contributed by atoms with van der Waals surface area (Å²) in [6, 6.07) is 9.94. The molecule has 4 heteroatoms. The van der Waals surface area contributed by atoms with E-state index in [4.69, 9.17) is 9.57 Å². The molecule has 0 saturated heterocycles. The predicted molar refractivity (Wildman–Crippen MR) is 66.4 cm³/mol. The van der Waals surface area contributed by atoms with E-state index in [1.54, 1.807) is 0 Å². The third-order valence-electron chi connectivity index (χ3n) is 2.37. The van der Waals surface area contributed by atoms with Crippen molar-refractivity contribution in [3.05, 3.63) is 35.9 Å². The number of nitrogens with one attached hydrogen (secondary N) is 1. The largest absolute Gasteiger partial charge is 0.389 e. The first-order valence-electron chi connectivity index (χ1n) is 5.93. The average molecular weight is 239 g/mol. The summed E-state index contributed by atoms with van der Waals surface area (Å²) >= 11 is 0. The minimum absolute atomic E-state index is 0.0158. The van der Waals surface area contributed by atoms with E-state index < -0.39 is 6.10 Å². The van der Waals surface area contributed by atoms with Crippen LogP contribution in [-0.4, -0.2) is 31.0 Å². The smallest absolute Gasteiger partial charge is 0.0921 e. The Balaban J connectivity index is 2.21. The van der Waals surface area contributed by atoms with Gasteiger partial charge in [0.2, 0.25) is 0 Å². The van der Waals surface area contributed by atoms with Gasteiger partial charge in [-0.3, -0.25) is 0 Å². The highest BCUT2D eigenvalue weighted by atomic mass is 16.6. The number of benzene rings is 1. The fraction of sp³-hybridized carbons (Fsp3) is 0.538. The lowest BCUT2D eigenvalue weighted by Gasteiger charge is -2.17. The Morgan fingerprint density at radius 2 is 2.00 bits per heavy atom. The molecular formula is C13H21NO3. The third-order valence-corrected chi connectivity index (χ3v) is 2.37. The van der Waals surface area contributed by atoms with Crippen molar-refractivity contribution in [3.63, 3.8) is 0 Å². The van der Waals surface area contributed by atoms with Gasteiger partial charge < -0.3 is 14.7 Å². The number of ether oxygens (including phenoxy) is 1. The summed E-state index contributed by atoms with van der Waals surface area (Å²) in [7, 11) is 0. The van der Waals surface area contributed by atoms with E-state index in [9.17, 15) is 5.11 Å². The molecule has 2 N–H and O–H groups in total. The molecule has 1 aromatic carbocycles. The summed E-state index contributed by atoms with van der Waals surface area (Å²) in [5.74, 6) is 0. The molecule has 0 aliphatic heterocycles. The monoisotopic (exact) mass is 239 g/mol. The molecule has 0 fully saturated rings. The maximum absolute atomic E-state index is 9.60. The van der Waals surface area contributed by atoms with Crippen molar-refractivity contribution in [1.29, 1.82) is 0 Å². The van der Waals surface area contributed by atoms with Gasteiger partial charge in [-0.25, -0.2) is 0 Å². The van der Waals surface area contributed by atoms with Gasteiger partial charge in [-0.1, -0.05) is 30.3 Å². The van der Waals surface area contributed by atoms with E-state index in [-0.39, 0.29) is 12.7 Å². The van der Waals surface area contributed by atoms with Crippen LogP contribution in [0.4, 0.5) is 0 Å². The lowest BCUT2D eigenvalue weighted by atomic mass is 10.1. The van der Waals surface area contributed by atoms with Gasteiger partial charge in [0.05, 0.1) is 25.4 Å². The van der Waals surface area contributed by atoms with Crippen molar-refractivity contribution in [2.45, 2.75) is 26.1 Å². The number of hydrogen-bond acceptors (Lipinski definition) is 4. The first-order chi connectivity index (χ1) is 8.24. The molecule has 1 rings (SSSR count). The topological polar surface area (TPSA) is 50.7 Å². The average Bonchev–Trinajstić information content (AvgIpc) is 2.37. The number of rotatable bonds is 8. The zero-order valence-electron chi connectivity index (χ0n) is 10.4. The van der Waals surface area contributed by atoms with Gasteiger partial charge in [0.25, 0.3) is 0 Å². The molecule has 0 heterocycles. The van der Waals surface area contributed by atoms with Crippen molar-refractivity contribution in [2.75, 3.05) is 19.8 Å². The molecule has 17 heavy (non-hydrogen) atoms. The highest BCUT2D eigenvalue weighted by molar-refractivity contribution is 5.16. The highest BCUT2D eigenvalue weighted by Crippen LogP contribution is 2.15. The van der Waals surface area contributed by atoms with Gasteiger partial charge in [0.15, 0.2) is 0 Å². The van der Waals surface area contributed by atoms with Crippen LogP contribution in [0.1, 0.15) is 25.5 Å². The van der Waals surface area contributed by atoms with Crippen LogP contribution in [0, 0.1) is 0 Å². The van der Waals surface area contributed by atoms with Crippen LogP contribution in [0.2, 0.25) is 0 Å². The van der Waals surface area contributed by atoms with Crippen molar-refractivity contribution in [3.8, 4) is 0 Å². The summed E-state index contributed by atoms with van der Waals surface area (Å²) < 4.78 is 5.57. The predicted octanol–water partition coefficient (Wildman–Crippen LogP) is 1.67. The molecule has 0 aromatic heterocycles. The van der Waals surface area contributed by atoms with Crippen molar-refractivity contribution in [2.24, 2.45) is 0 Å². The van der Waals surface area contributed by atoms with Crippen molar-refractivity contribution < 1.29 is 14.7 Å². The fourth-order valence-corrected chi connectivity index (χ4v) is 1.39. The van der Waals surface area contributed by atoms with E-state index in [0.717, 1.165) is 5.56 Å². The molecule has 0 radical (unpaired) electrons. The van der Waals surface area contributed by atoms with Crippen LogP contribution >= 0.6 is 0 Å². The Morgan fingerprint density at radius 3 is 2.65 bits per heavy atom. The highest BCUT2D eigenvalue weighted by Gasteiger charge is 2.09. The van der Waals surface area contributed by atoms with Crippen LogP contribution in [-0.2, 0) is 9.57 Å². The van der Waals surface area contributed by atoms with Gasteiger partial charge in [0, 0.05) is 6.54 Å². The first kappa shape index (κ1) is 14.1. The molecule has 2 atom stereocenters. The van der Waals surface area contributed by atoms with Crippen LogP contribution in [0.15, 0.2) is 30.3 Å². The van der Waals surface area contributed by atoms with E-state index in [2.05, 4.69) is 5.48 Å². The minimum Gasteiger partial charge on any atom is -0.389 e. The van der Waals surface area contributed by atoms with E-state index in [0.29, 0.717) is 13.2 Å². The molecule has 0 aliphatic carbocycles. The molecule has 0 bridgehead atoms. The summed E-state index contributed by atoms with van der Waals surface area (Å²) in [6.07, 6.45) is -0.578. The maximum atomic E-state index is 9.60. The number of aliphatic hydroxyl groups is 1. The normalized spacial score (nSPS) is 14.5. The molecule has 4 nitrogen and oxygen atoms in total. The minimum atomic E-state index is -0.562. The summed E-state index contributed by atoms with van der Waals surface area (Å²) in [6.45, 7) is 5.09. The second-order valence-electron chi connectivity index (χ2n) is 3.82.